The highest BCUT2D eigenvalue weighted by Crippen LogP contribution is 2.36. The maximum atomic E-state index is 13.6. The van der Waals surface area contributed by atoms with Crippen LogP contribution in [0.15, 0.2) is 59.2 Å². The van der Waals surface area contributed by atoms with E-state index in [0.717, 1.165) is 43.6 Å². The molecule has 1 amide bonds. The molecule has 2 aliphatic rings. The van der Waals surface area contributed by atoms with Gasteiger partial charge in [-0.05, 0) is 106 Å². The van der Waals surface area contributed by atoms with Crippen molar-refractivity contribution in [1.82, 2.24) is 9.71 Å². The first kappa shape index (κ1) is 37.9. The van der Waals surface area contributed by atoms with Crippen LogP contribution in [0.3, 0.4) is 0 Å². The number of nitrogens with zero attached hydrogens (tertiary/aromatic N) is 2. The van der Waals surface area contributed by atoms with E-state index in [0.29, 0.717) is 47.7 Å². The number of aliphatic hydroxyl groups is 1. The molecule has 2 heterocycles. The van der Waals surface area contributed by atoms with Gasteiger partial charge in [-0.15, -0.1) is 0 Å². The number of hydrogen-bond donors (Lipinski definition) is 2. The Morgan fingerprint density at radius 1 is 1.18 bits per heavy atom. The Hall–Kier alpha value is -3.38. The number of aromatic nitrogens is 1. The Bertz CT molecular complexity index is 1760. The zero-order valence-corrected chi connectivity index (χ0v) is 31.1. The third-order valence-corrected chi connectivity index (χ3v) is 12.3. The van der Waals surface area contributed by atoms with Gasteiger partial charge in [0.2, 0.25) is 10.0 Å². The fraction of sp³-hybridized carbons (Fsp3) is 0.526. The molecule has 1 fully saturated rings. The van der Waals surface area contributed by atoms with Crippen molar-refractivity contribution < 1.29 is 32.2 Å². The standard InChI is InChI=1S/C38H50ClN3O7S/c1-26(9-8-17-38(3,47-4)21-36-40-33(23-43)25-49-36)27(2)50(45,46)41-37(44)30-14-16-35-34(20-30)42(22-28-10-7-11-28)18-6-5-12-29-19-32(39)15-13-31(29)24-48-35/h8,13-17,19-20,25-28,43H,5-7,9-12,18,21-24H2,1-4H3,(H,41,44)/b17-8+/t26-,27+,38+/m0/s1. The smallest absolute Gasteiger partial charge is 0.264 e. The summed E-state index contributed by atoms with van der Waals surface area (Å²) in [5.41, 5.74) is 3.03. The molecule has 1 aliphatic heterocycles. The summed E-state index contributed by atoms with van der Waals surface area (Å²) in [6, 6.07) is 11.1. The number of allylic oxidation sites excluding steroid dienone is 1. The van der Waals surface area contributed by atoms with Gasteiger partial charge in [0, 0.05) is 30.8 Å². The number of ether oxygens (including phenoxy) is 2. The first-order valence-corrected chi connectivity index (χ1v) is 19.4. The molecular weight excluding hydrogens is 678 g/mol. The molecule has 3 atom stereocenters. The number of rotatable bonds is 13. The molecule has 5 rings (SSSR count). The maximum Gasteiger partial charge on any atom is 0.264 e. The zero-order chi connectivity index (χ0) is 35.9. The van der Waals surface area contributed by atoms with E-state index in [1.807, 2.05) is 44.2 Å². The summed E-state index contributed by atoms with van der Waals surface area (Å²) < 4.78 is 46.8. The third kappa shape index (κ3) is 9.69. The van der Waals surface area contributed by atoms with E-state index in [4.69, 9.17) is 25.5 Å². The SMILES string of the molecule is CO[C@](C)(/C=C/C[C@H](C)[C@@H](C)S(=O)(=O)NC(=O)c1ccc2c(c1)N(CC1CCC1)CCCCc1cc(Cl)ccc1CO2)Cc1nc(CO)co1. The molecule has 3 aromatic rings. The largest absolute Gasteiger partial charge is 0.487 e. The average molecular weight is 728 g/mol. The number of carbonyl (C=O) groups excluding carboxylic acids is 1. The first-order valence-electron chi connectivity index (χ1n) is 17.5. The van der Waals surface area contributed by atoms with Gasteiger partial charge in [0.05, 0.1) is 29.6 Å². The van der Waals surface area contributed by atoms with Crippen LogP contribution >= 0.6 is 11.6 Å². The number of fused-ring (bicyclic) bond motifs is 2. The molecule has 272 valence electrons. The summed E-state index contributed by atoms with van der Waals surface area (Å²) in [6.45, 7) is 7.15. The fourth-order valence-corrected chi connectivity index (χ4v) is 7.86. The number of aliphatic hydroxyl groups excluding tert-OH is 1. The lowest BCUT2D eigenvalue weighted by molar-refractivity contribution is 0.0435. The Morgan fingerprint density at radius 3 is 2.68 bits per heavy atom. The molecule has 50 heavy (non-hydrogen) atoms. The van der Waals surface area contributed by atoms with E-state index in [9.17, 15) is 18.3 Å². The molecule has 2 N–H and O–H groups in total. The van der Waals surface area contributed by atoms with Gasteiger partial charge in [-0.3, -0.25) is 4.79 Å². The maximum absolute atomic E-state index is 13.6. The normalized spacial score (nSPS) is 18.2. The minimum absolute atomic E-state index is 0.213. The van der Waals surface area contributed by atoms with Crippen LogP contribution in [0.4, 0.5) is 5.69 Å². The van der Waals surface area contributed by atoms with Crippen LogP contribution in [-0.4, -0.2) is 55.5 Å². The number of carbonyl (C=O) groups is 1. The van der Waals surface area contributed by atoms with Gasteiger partial charge in [-0.2, -0.15) is 0 Å². The molecule has 0 saturated heterocycles. The van der Waals surface area contributed by atoms with Crippen molar-refractivity contribution in [2.75, 3.05) is 25.1 Å². The molecule has 1 saturated carbocycles. The number of amides is 1. The lowest BCUT2D eigenvalue weighted by atomic mass is 9.85. The van der Waals surface area contributed by atoms with Crippen LogP contribution in [0.5, 0.6) is 5.75 Å². The lowest BCUT2D eigenvalue weighted by Gasteiger charge is -2.34. The quantitative estimate of drug-likeness (QED) is 0.178. The third-order valence-electron chi connectivity index (χ3n) is 10.2. The van der Waals surface area contributed by atoms with Crippen molar-refractivity contribution in [3.63, 3.8) is 0 Å². The number of sulfonamides is 1. The molecule has 0 bridgehead atoms. The van der Waals surface area contributed by atoms with Gasteiger partial charge in [-0.1, -0.05) is 43.2 Å². The van der Waals surface area contributed by atoms with E-state index in [1.54, 1.807) is 32.2 Å². The minimum atomic E-state index is -4.01. The van der Waals surface area contributed by atoms with Gasteiger partial charge in [-0.25, -0.2) is 18.1 Å². The molecule has 1 aliphatic carbocycles. The van der Waals surface area contributed by atoms with Crippen molar-refractivity contribution in [3.05, 3.63) is 88.1 Å². The van der Waals surface area contributed by atoms with E-state index in [2.05, 4.69) is 14.6 Å². The van der Waals surface area contributed by atoms with Crippen molar-refractivity contribution in [3.8, 4) is 5.75 Å². The molecule has 0 radical (unpaired) electrons. The number of oxazole rings is 1. The Balaban J connectivity index is 1.28. The summed E-state index contributed by atoms with van der Waals surface area (Å²) in [5, 5.41) is 9.13. The summed E-state index contributed by atoms with van der Waals surface area (Å²) in [5.74, 6) is 0.705. The highest BCUT2D eigenvalue weighted by atomic mass is 35.5. The molecule has 10 nitrogen and oxygen atoms in total. The van der Waals surface area contributed by atoms with Crippen molar-refractivity contribution in [1.29, 1.82) is 0 Å². The molecule has 1 aromatic heterocycles. The van der Waals surface area contributed by atoms with Crippen LogP contribution < -0.4 is 14.4 Å². The number of aryl methyl sites for hydroxylation is 1. The number of methoxy groups -OCH3 is 1. The van der Waals surface area contributed by atoms with E-state index in [1.165, 1.54) is 31.1 Å². The van der Waals surface area contributed by atoms with Gasteiger partial charge >= 0.3 is 0 Å². The van der Waals surface area contributed by atoms with Crippen molar-refractivity contribution >= 4 is 33.2 Å². The van der Waals surface area contributed by atoms with Gasteiger partial charge in [0.15, 0.2) is 5.89 Å². The Morgan fingerprint density at radius 2 is 1.98 bits per heavy atom. The number of nitrogens with one attached hydrogen (secondary N) is 1. The monoisotopic (exact) mass is 727 g/mol. The zero-order valence-electron chi connectivity index (χ0n) is 29.5. The average Bonchev–Trinajstić information content (AvgIpc) is 3.52. The van der Waals surface area contributed by atoms with Crippen LogP contribution in [0.25, 0.3) is 0 Å². The highest BCUT2D eigenvalue weighted by Gasteiger charge is 2.30. The highest BCUT2D eigenvalue weighted by molar-refractivity contribution is 7.90. The van der Waals surface area contributed by atoms with Gasteiger partial charge in [0.1, 0.15) is 24.3 Å². The predicted molar refractivity (Wildman–Crippen MR) is 195 cm³/mol. The first-order chi connectivity index (χ1) is 23.9. The fourth-order valence-electron chi connectivity index (χ4n) is 6.38. The van der Waals surface area contributed by atoms with Crippen LogP contribution in [0, 0.1) is 11.8 Å². The Kier molecular flexibility index (Phi) is 12.7. The second-order valence-corrected chi connectivity index (χ2v) is 16.4. The molecular formula is C38H50ClN3O7S. The number of benzene rings is 2. The second-order valence-electron chi connectivity index (χ2n) is 14.0. The Labute approximate surface area is 301 Å². The molecule has 0 spiro atoms. The lowest BCUT2D eigenvalue weighted by Crippen LogP contribution is -2.40. The number of anilines is 1. The van der Waals surface area contributed by atoms with Crippen LogP contribution in [0.1, 0.15) is 92.4 Å². The van der Waals surface area contributed by atoms with E-state index in [-0.39, 0.29) is 18.1 Å². The summed E-state index contributed by atoms with van der Waals surface area (Å²) in [4.78, 5) is 20.1. The predicted octanol–water partition coefficient (Wildman–Crippen LogP) is 7.02. The topological polar surface area (TPSA) is 131 Å². The number of halogens is 1. The molecule has 12 heteroatoms. The van der Waals surface area contributed by atoms with Crippen molar-refractivity contribution in [2.24, 2.45) is 11.8 Å². The minimum Gasteiger partial charge on any atom is -0.487 e. The summed E-state index contributed by atoms with van der Waals surface area (Å²) in [7, 11) is -2.43. The summed E-state index contributed by atoms with van der Waals surface area (Å²) >= 11 is 6.32. The molecule has 0 unspecified atom stereocenters. The van der Waals surface area contributed by atoms with Crippen LogP contribution in [-0.2, 0) is 40.8 Å². The second kappa shape index (κ2) is 16.8. The van der Waals surface area contributed by atoms with E-state index >= 15 is 0 Å². The van der Waals surface area contributed by atoms with Gasteiger partial charge in [0.25, 0.3) is 5.91 Å². The van der Waals surface area contributed by atoms with E-state index < -0.39 is 26.8 Å². The molecule has 2 aromatic carbocycles. The summed E-state index contributed by atoms with van der Waals surface area (Å²) in [6.07, 6.45) is 12.4. The van der Waals surface area contributed by atoms with Crippen molar-refractivity contribution in [2.45, 2.75) is 96.2 Å². The number of hydrogen-bond acceptors (Lipinski definition) is 9. The van der Waals surface area contributed by atoms with Gasteiger partial charge < -0.3 is 23.9 Å². The van der Waals surface area contributed by atoms with Crippen LogP contribution in [0.2, 0.25) is 5.02 Å².